The van der Waals surface area contributed by atoms with E-state index in [1.54, 1.807) is 0 Å². The van der Waals surface area contributed by atoms with Crippen LogP contribution in [0.4, 0.5) is 0 Å². The van der Waals surface area contributed by atoms with Crippen LogP contribution in [0.1, 0.15) is 12.5 Å². The Morgan fingerprint density at radius 1 is 1.19 bits per heavy atom. The molecule has 3 heteroatoms. The van der Waals surface area contributed by atoms with Gasteiger partial charge in [-0.25, -0.2) is 4.99 Å². The highest BCUT2D eigenvalue weighted by molar-refractivity contribution is 6.15. The Bertz CT molecular complexity index is 485. The summed E-state index contributed by atoms with van der Waals surface area (Å²) >= 11 is 0. The molecule has 1 N–H and O–H groups in total. The van der Waals surface area contributed by atoms with Gasteiger partial charge < -0.3 is 5.32 Å². The molecule has 0 aromatic heterocycles. The minimum atomic E-state index is 0.167. The topological polar surface area (TPSA) is 36.8 Å². The molecule has 16 heavy (non-hydrogen) atoms. The van der Waals surface area contributed by atoms with Crippen LogP contribution in [0.5, 0.6) is 0 Å². The van der Waals surface area contributed by atoms with Gasteiger partial charge in [0.15, 0.2) is 0 Å². The standard InChI is InChI=1S/C13H13N3/c1-9-7-8-14-13-11(9)15-12(16-13)10-5-3-2-4-6-10/h2-9,11H,1H3,(H,14,15,16). The van der Waals surface area contributed by atoms with Crippen molar-refractivity contribution >= 4 is 11.7 Å². The van der Waals surface area contributed by atoms with Gasteiger partial charge in [-0.2, -0.15) is 0 Å². The molecule has 0 aliphatic carbocycles. The van der Waals surface area contributed by atoms with E-state index in [2.05, 4.69) is 40.4 Å². The molecule has 0 saturated heterocycles. The van der Waals surface area contributed by atoms with Crippen molar-refractivity contribution in [2.45, 2.75) is 13.0 Å². The molecule has 2 unspecified atom stereocenters. The molecule has 2 atom stereocenters. The molecule has 2 heterocycles. The summed E-state index contributed by atoms with van der Waals surface area (Å²) in [7, 11) is 0. The number of benzene rings is 1. The average Bonchev–Trinajstić information content (AvgIpc) is 2.76. The van der Waals surface area contributed by atoms with E-state index in [1.807, 2.05) is 24.4 Å². The third-order valence-electron chi connectivity index (χ3n) is 2.94. The summed E-state index contributed by atoms with van der Waals surface area (Å²) in [6.07, 6.45) is 3.94. The Kier molecular flexibility index (Phi) is 2.10. The van der Waals surface area contributed by atoms with Gasteiger partial charge in [0.25, 0.3) is 0 Å². The number of nitrogens with zero attached hydrogens (tertiary/aromatic N) is 2. The summed E-state index contributed by atoms with van der Waals surface area (Å²) in [5.41, 5.74) is 1.12. The van der Waals surface area contributed by atoms with Gasteiger partial charge in [0, 0.05) is 17.7 Å². The zero-order valence-corrected chi connectivity index (χ0v) is 9.09. The van der Waals surface area contributed by atoms with Crippen LogP contribution in [0, 0.1) is 5.92 Å². The number of aliphatic imine (C=N–C) groups is 2. The lowest BCUT2D eigenvalue weighted by Crippen LogP contribution is -2.33. The third-order valence-corrected chi connectivity index (χ3v) is 2.94. The molecule has 0 saturated carbocycles. The van der Waals surface area contributed by atoms with Crippen LogP contribution in [-0.4, -0.2) is 17.7 Å². The maximum atomic E-state index is 4.68. The Morgan fingerprint density at radius 2 is 2.00 bits per heavy atom. The first-order valence-electron chi connectivity index (χ1n) is 5.49. The van der Waals surface area contributed by atoms with Gasteiger partial charge in [-0.3, -0.25) is 4.99 Å². The largest absolute Gasteiger partial charge is 0.326 e. The molecule has 1 aromatic carbocycles. The molecule has 2 aliphatic heterocycles. The maximum absolute atomic E-state index is 4.68. The molecule has 2 aliphatic rings. The predicted molar refractivity (Wildman–Crippen MR) is 65.6 cm³/mol. The number of rotatable bonds is 1. The van der Waals surface area contributed by atoms with Crippen molar-refractivity contribution in [3.63, 3.8) is 0 Å². The lowest BCUT2D eigenvalue weighted by atomic mass is 10.0. The Labute approximate surface area is 94.6 Å². The molecule has 0 radical (unpaired) electrons. The van der Waals surface area contributed by atoms with E-state index in [-0.39, 0.29) is 6.04 Å². The third kappa shape index (κ3) is 1.45. The van der Waals surface area contributed by atoms with Crippen molar-refractivity contribution in [1.29, 1.82) is 0 Å². The second-order valence-electron chi connectivity index (χ2n) is 4.13. The van der Waals surface area contributed by atoms with Crippen LogP contribution in [-0.2, 0) is 0 Å². The van der Waals surface area contributed by atoms with Crippen LogP contribution in [0.15, 0.2) is 52.6 Å². The second kappa shape index (κ2) is 3.59. The lowest BCUT2D eigenvalue weighted by molar-refractivity contribution is 0.656. The van der Waals surface area contributed by atoms with E-state index >= 15 is 0 Å². The van der Waals surface area contributed by atoms with Gasteiger partial charge in [0.05, 0.1) is 0 Å². The Balaban J connectivity index is 1.94. The van der Waals surface area contributed by atoms with Crippen molar-refractivity contribution in [3.05, 3.63) is 48.2 Å². The van der Waals surface area contributed by atoms with Gasteiger partial charge >= 0.3 is 0 Å². The lowest BCUT2D eigenvalue weighted by Gasteiger charge is -2.15. The van der Waals surface area contributed by atoms with E-state index in [9.17, 15) is 0 Å². The summed E-state index contributed by atoms with van der Waals surface area (Å²) in [6.45, 7) is 2.16. The molecule has 0 amide bonds. The fourth-order valence-electron chi connectivity index (χ4n) is 2.01. The highest BCUT2D eigenvalue weighted by atomic mass is 15.2. The van der Waals surface area contributed by atoms with Gasteiger partial charge in [0.2, 0.25) is 0 Å². The fraction of sp³-hybridized carbons (Fsp3) is 0.231. The van der Waals surface area contributed by atoms with E-state index in [1.165, 1.54) is 0 Å². The maximum Gasteiger partial charge on any atom is 0.134 e. The number of hydrogen-bond acceptors (Lipinski definition) is 3. The van der Waals surface area contributed by atoms with Gasteiger partial charge in [-0.15, -0.1) is 0 Å². The highest BCUT2D eigenvalue weighted by Crippen LogP contribution is 2.20. The molecular weight excluding hydrogens is 198 g/mol. The molecule has 0 bridgehead atoms. The van der Waals surface area contributed by atoms with E-state index in [4.69, 9.17) is 0 Å². The number of nitrogens with one attached hydrogen (secondary N) is 1. The summed E-state index contributed by atoms with van der Waals surface area (Å²) in [6, 6.07) is 10.3. The van der Waals surface area contributed by atoms with Gasteiger partial charge in [0.1, 0.15) is 17.7 Å². The highest BCUT2D eigenvalue weighted by Gasteiger charge is 2.29. The first-order valence-corrected chi connectivity index (χ1v) is 5.49. The Morgan fingerprint density at radius 3 is 2.75 bits per heavy atom. The number of fused-ring (bicyclic) bond motifs is 1. The van der Waals surface area contributed by atoms with Crippen LogP contribution in [0.25, 0.3) is 0 Å². The van der Waals surface area contributed by atoms with E-state index in [0.29, 0.717) is 5.92 Å². The zero-order valence-electron chi connectivity index (χ0n) is 9.09. The van der Waals surface area contributed by atoms with Crippen LogP contribution in [0.3, 0.4) is 0 Å². The number of hydrogen-bond donors (Lipinski definition) is 1. The minimum absolute atomic E-state index is 0.167. The quantitative estimate of drug-likeness (QED) is 0.757. The molecule has 3 nitrogen and oxygen atoms in total. The predicted octanol–water partition coefficient (Wildman–Crippen LogP) is 1.97. The summed E-state index contributed by atoms with van der Waals surface area (Å²) in [5.74, 6) is 2.31. The van der Waals surface area contributed by atoms with E-state index < -0.39 is 0 Å². The molecule has 80 valence electrons. The summed E-state index contributed by atoms with van der Waals surface area (Å²) in [4.78, 5) is 9.01. The smallest absolute Gasteiger partial charge is 0.134 e. The minimum Gasteiger partial charge on any atom is -0.326 e. The fourth-order valence-corrected chi connectivity index (χ4v) is 2.01. The second-order valence-corrected chi connectivity index (χ2v) is 4.13. The Hall–Kier alpha value is -1.90. The van der Waals surface area contributed by atoms with Gasteiger partial charge in [-0.1, -0.05) is 43.3 Å². The van der Waals surface area contributed by atoms with Crippen molar-refractivity contribution in [2.75, 3.05) is 0 Å². The summed E-state index contributed by atoms with van der Waals surface area (Å²) < 4.78 is 0. The molecule has 3 rings (SSSR count). The molecular formula is C13H13N3. The molecule has 1 aromatic rings. The monoisotopic (exact) mass is 211 g/mol. The van der Waals surface area contributed by atoms with Crippen LogP contribution >= 0.6 is 0 Å². The first-order chi connectivity index (χ1) is 7.84. The average molecular weight is 211 g/mol. The number of amidine groups is 2. The first kappa shape index (κ1) is 9.33. The normalized spacial score (nSPS) is 26.8. The van der Waals surface area contributed by atoms with Crippen LogP contribution in [0.2, 0.25) is 0 Å². The van der Waals surface area contributed by atoms with Crippen molar-refractivity contribution in [2.24, 2.45) is 15.9 Å². The van der Waals surface area contributed by atoms with Crippen molar-refractivity contribution in [1.82, 2.24) is 5.32 Å². The van der Waals surface area contributed by atoms with E-state index in [0.717, 1.165) is 17.2 Å². The molecule has 0 spiro atoms. The van der Waals surface area contributed by atoms with Crippen molar-refractivity contribution < 1.29 is 0 Å². The van der Waals surface area contributed by atoms with Crippen LogP contribution < -0.4 is 5.32 Å². The van der Waals surface area contributed by atoms with Gasteiger partial charge in [-0.05, 0) is 0 Å². The SMILES string of the molecule is CC1C=CN=C2NC(c3ccccc3)=NC21. The molecule has 0 fully saturated rings. The van der Waals surface area contributed by atoms with Crippen molar-refractivity contribution in [3.8, 4) is 0 Å². The summed E-state index contributed by atoms with van der Waals surface area (Å²) in [5, 5.41) is 3.29. The zero-order chi connectivity index (χ0) is 11.0.